The normalized spacial score (nSPS) is 10.4. The zero-order valence-electron chi connectivity index (χ0n) is 7.07. The van der Waals surface area contributed by atoms with Gasteiger partial charge in [-0.05, 0) is 34.1 Å². The molecule has 0 bridgehead atoms. The summed E-state index contributed by atoms with van der Waals surface area (Å²) in [5.41, 5.74) is 6.69. The number of hydrogen-bond donors (Lipinski definition) is 2. The third-order valence-electron chi connectivity index (χ3n) is 1.81. The first-order valence-corrected chi connectivity index (χ1v) is 4.65. The van der Waals surface area contributed by atoms with Gasteiger partial charge >= 0.3 is 5.69 Å². The van der Waals surface area contributed by atoms with Crippen molar-refractivity contribution in [1.29, 1.82) is 0 Å². The fraction of sp³-hybridized carbons (Fsp3) is 0. The quantitative estimate of drug-likeness (QED) is 0.743. The second-order valence-electron chi connectivity index (χ2n) is 2.74. The monoisotopic (exact) mass is 254 g/mol. The van der Waals surface area contributed by atoms with Gasteiger partial charge in [-0.1, -0.05) is 0 Å². The number of anilines is 1. The number of nitrogens with one attached hydrogen (secondary N) is 1. The van der Waals surface area contributed by atoms with Crippen LogP contribution >= 0.6 is 15.9 Å². The maximum atomic E-state index is 11.2. The number of aromatic nitrogens is 3. The van der Waals surface area contributed by atoms with Crippen LogP contribution in [0.5, 0.6) is 0 Å². The van der Waals surface area contributed by atoms with Crippen molar-refractivity contribution in [3.8, 4) is 5.69 Å². The lowest BCUT2D eigenvalue weighted by Crippen LogP contribution is -2.14. The standard InChI is InChI=1S/C8H7BrN4O/c9-6-3-5(1-2-7(6)10)13-4-11-12-8(13)14/h1-4H,10H2,(H,12,14). The van der Waals surface area contributed by atoms with Crippen molar-refractivity contribution < 1.29 is 0 Å². The summed E-state index contributed by atoms with van der Waals surface area (Å²) in [4.78, 5) is 11.2. The van der Waals surface area contributed by atoms with Crippen molar-refractivity contribution in [2.75, 3.05) is 5.73 Å². The number of nitrogen functional groups attached to an aromatic ring is 1. The molecule has 0 aliphatic carbocycles. The van der Waals surface area contributed by atoms with Crippen LogP contribution in [0.2, 0.25) is 0 Å². The summed E-state index contributed by atoms with van der Waals surface area (Å²) in [6, 6.07) is 5.22. The molecule has 0 unspecified atom stereocenters. The van der Waals surface area contributed by atoms with Gasteiger partial charge in [0.05, 0.1) is 5.69 Å². The second kappa shape index (κ2) is 3.30. The van der Waals surface area contributed by atoms with E-state index in [1.54, 1.807) is 18.2 Å². The summed E-state index contributed by atoms with van der Waals surface area (Å²) in [5.74, 6) is 0. The number of H-pyrrole nitrogens is 1. The molecule has 0 aliphatic heterocycles. The van der Waals surface area contributed by atoms with Gasteiger partial charge in [0.2, 0.25) is 0 Å². The number of halogens is 1. The molecule has 1 aromatic heterocycles. The number of aromatic amines is 1. The Hall–Kier alpha value is -1.56. The van der Waals surface area contributed by atoms with Crippen LogP contribution in [0.25, 0.3) is 5.69 Å². The SMILES string of the molecule is Nc1ccc(-n2cn[nH]c2=O)cc1Br. The molecule has 72 valence electrons. The molecule has 1 heterocycles. The molecule has 2 aromatic rings. The Kier molecular flexibility index (Phi) is 2.12. The maximum absolute atomic E-state index is 11.2. The van der Waals surface area contributed by atoms with Crippen LogP contribution in [0.3, 0.4) is 0 Å². The molecule has 0 fully saturated rings. The summed E-state index contributed by atoms with van der Waals surface area (Å²) in [6.45, 7) is 0. The number of nitrogens with two attached hydrogens (primary N) is 1. The minimum atomic E-state index is -0.276. The summed E-state index contributed by atoms with van der Waals surface area (Å²) in [7, 11) is 0. The van der Waals surface area contributed by atoms with Crippen molar-refractivity contribution in [2.45, 2.75) is 0 Å². The van der Waals surface area contributed by atoms with E-state index < -0.39 is 0 Å². The highest BCUT2D eigenvalue weighted by Gasteiger charge is 2.02. The summed E-state index contributed by atoms with van der Waals surface area (Å²) >= 11 is 3.29. The highest BCUT2D eigenvalue weighted by Crippen LogP contribution is 2.21. The van der Waals surface area contributed by atoms with E-state index >= 15 is 0 Å². The van der Waals surface area contributed by atoms with E-state index in [-0.39, 0.29) is 5.69 Å². The summed E-state index contributed by atoms with van der Waals surface area (Å²) < 4.78 is 2.15. The molecule has 14 heavy (non-hydrogen) atoms. The predicted molar refractivity (Wildman–Crippen MR) is 56.3 cm³/mol. The molecule has 6 heteroatoms. The Bertz CT molecular complexity index is 516. The lowest BCUT2D eigenvalue weighted by Gasteiger charge is -2.02. The third kappa shape index (κ3) is 1.44. The zero-order valence-corrected chi connectivity index (χ0v) is 8.65. The Morgan fingerprint density at radius 1 is 1.50 bits per heavy atom. The number of rotatable bonds is 1. The Morgan fingerprint density at radius 3 is 2.86 bits per heavy atom. The van der Waals surface area contributed by atoms with Crippen LogP contribution < -0.4 is 11.4 Å². The van der Waals surface area contributed by atoms with E-state index in [1.807, 2.05) is 0 Å². The topological polar surface area (TPSA) is 76.7 Å². The molecule has 0 aliphatic rings. The Balaban J connectivity index is 2.59. The van der Waals surface area contributed by atoms with Crippen molar-refractivity contribution >= 4 is 21.6 Å². The number of nitrogens with zero attached hydrogens (tertiary/aromatic N) is 2. The fourth-order valence-electron chi connectivity index (χ4n) is 1.10. The van der Waals surface area contributed by atoms with Crippen LogP contribution in [-0.2, 0) is 0 Å². The van der Waals surface area contributed by atoms with E-state index in [0.29, 0.717) is 11.4 Å². The van der Waals surface area contributed by atoms with Gasteiger partial charge < -0.3 is 5.73 Å². The van der Waals surface area contributed by atoms with Gasteiger partial charge in [-0.2, -0.15) is 5.10 Å². The Labute approximate surface area is 87.7 Å². The van der Waals surface area contributed by atoms with E-state index in [2.05, 4.69) is 26.1 Å². The predicted octanol–water partition coefficient (Wildman–Crippen LogP) is 0.905. The highest BCUT2D eigenvalue weighted by atomic mass is 79.9. The van der Waals surface area contributed by atoms with Gasteiger partial charge in [0.1, 0.15) is 6.33 Å². The molecular formula is C8H7BrN4O. The molecule has 5 nitrogen and oxygen atoms in total. The van der Waals surface area contributed by atoms with Gasteiger partial charge in [0, 0.05) is 10.2 Å². The van der Waals surface area contributed by atoms with E-state index in [4.69, 9.17) is 5.73 Å². The van der Waals surface area contributed by atoms with E-state index in [9.17, 15) is 4.79 Å². The number of benzene rings is 1. The van der Waals surface area contributed by atoms with Crippen molar-refractivity contribution in [3.05, 3.63) is 39.5 Å². The van der Waals surface area contributed by atoms with Crippen molar-refractivity contribution in [2.24, 2.45) is 0 Å². The van der Waals surface area contributed by atoms with E-state index in [1.165, 1.54) is 10.9 Å². The van der Waals surface area contributed by atoms with Crippen LogP contribution in [0.15, 0.2) is 33.8 Å². The highest BCUT2D eigenvalue weighted by molar-refractivity contribution is 9.10. The van der Waals surface area contributed by atoms with Gasteiger partial charge in [-0.3, -0.25) is 0 Å². The summed E-state index contributed by atoms with van der Waals surface area (Å²) in [5, 5.41) is 5.94. The van der Waals surface area contributed by atoms with Crippen molar-refractivity contribution in [1.82, 2.24) is 14.8 Å². The third-order valence-corrected chi connectivity index (χ3v) is 2.50. The average molecular weight is 255 g/mol. The zero-order chi connectivity index (χ0) is 10.1. The summed E-state index contributed by atoms with van der Waals surface area (Å²) in [6.07, 6.45) is 1.42. The van der Waals surface area contributed by atoms with Crippen molar-refractivity contribution in [3.63, 3.8) is 0 Å². The fourth-order valence-corrected chi connectivity index (χ4v) is 1.46. The van der Waals surface area contributed by atoms with Crippen LogP contribution in [0, 0.1) is 0 Å². The first kappa shape index (κ1) is 9.01. The lowest BCUT2D eigenvalue weighted by atomic mass is 10.3. The van der Waals surface area contributed by atoms with E-state index in [0.717, 1.165) is 4.47 Å². The molecule has 0 amide bonds. The molecule has 0 spiro atoms. The molecule has 3 N–H and O–H groups in total. The largest absolute Gasteiger partial charge is 0.398 e. The lowest BCUT2D eigenvalue weighted by molar-refractivity contribution is 0.982. The first-order chi connectivity index (χ1) is 6.68. The molecule has 1 aromatic carbocycles. The molecular weight excluding hydrogens is 248 g/mol. The van der Waals surface area contributed by atoms with Gasteiger partial charge in [-0.15, -0.1) is 0 Å². The first-order valence-electron chi connectivity index (χ1n) is 3.86. The molecule has 0 saturated heterocycles. The molecule has 2 rings (SSSR count). The minimum Gasteiger partial charge on any atom is -0.398 e. The smallest absolute Gasteiger partial charge is 0.347 e. The van der Waals surface area contributed by atoms with Crippen LogP contribution in [-0.4, -0.2) is 14.8 Å². The second-order valence-corrected chi connectivity index (χ2v) is 3.59. The van der Waals surface area contributed by atoms with Crippen LogP contribution in [0.1, 0.15) is 0 Å². The molecule has 0 radical (unpaired) electrons. The number of hydrogen-bond acceptors (Lipinski definition) is 3. The molecule has 0 atom stereocenters. The molecule has 0 saturated carbocycles. The Morgan fingerprint density at radius 2 is 2.29 bits per heavy atom. The van der Waals surface area contributed by atoms with Gasteiger partial charge in [0.15, 0.2) is 0 Å². The minimum absolute atomic E-state index is 0.276. The van der Waals surface area contributed by atoms with Gasteiger partial charge in [0.25, 0.3) is 0 Å². The van der Waals surface area contributed by atoms with Crippen LogP contribution in [0.4, 0.5) is 5.69 Å². The maximum Gasteiger partial charge on any atom is 0.347 e. The van der Waals surface area contributed by atoms with Gasteiger partial charge in [-0.25, -0.2) is 14.5 Å². The average Bonchev–Trinajstić information content (AvgIpc) is 2.57.